The summed E-state index contributed by atoms with van der Waals surface area (Å²) in [5.74, 6) is 0.698. The predicted octanol–water partition coefficient (Wildman–Crippen LogP) is 3.70. The first-order valence-electron chi connectivity index (χ1n) is 9.48. The van der Waals surface area contributed by atoms with Gasteiger partial charge in [-0.15, -0.1) is 11.3 Å². The molecule has 7 heteroatoms. The Morgan fingerprint density at radius 2 is 1.86 bits per heavy atom. The Balaban J connectivity index is 1.69. The van der Waals surface area contributed by atoms with E-state index in [0.29, 0.717) is 34.9 Å². The van der Waals surface area contributed by atoms with Crippen LogP contribution in [0.2, 0.25) is 0 Å². The van der Waals surface area contributed by atoms with Crippen molar-refractivity contribution in [3.05, 3.63) is 39.8 Å². The van der Waals surface area contributed by atoms with Crippen LogP contribution in [0, 0.1) is 0 Å². The third kappa shape index (κ3) is 4.47. The van der Waals surface area contributed by atoms with Crippen LogP contribution in [0.1, 0.15) is 52.0 Å². The van der Waals surface area contributed by atoms with Crippen LogP contribution in [0.3, 0.4) is 0 Å². The Morgan fingerprint density at radius 1 is 1.11 bits per heavy atom. The molecule has 3 N–H and O–H groups in total. The standard InChI is InChI=1S/C21H26N2O4S/c1-26-15-10-8-13(12-16(15)27-2)9-11-18(24)23-21-19(20(22)25)14-6-4-3-5-7-17(14)28-21/h8,10,12H,3-7,9,11H2,1-2H3,(H2,22,25)(H,23,24). The number of benzene rings is 1. The van der Waals surface area contributed by atoms with Gasteiger partial charge in [0.15, 0.2) is 11.5 Å². The molecule has 28 heavy (non-hydrogen) atoms. The van der Waals surface area contributed by atoms with Gasteiger partial charge in [0, 0.05) is 11.3 Å². The fraction of sp³-hybridized carbons (Fsp3) is 0.429. The first kappa shape index (κ1) is 20.2. The molecule has 1 aliphatic rings. The lowest BCUT2D eigenvalue weighted by Gasteiger charge is -2.10. The van der Waals surface area contributed by atoms with Crippen molar-refractivity contribution in [3.63, 3.8) is 0 Å². The van der Waals surface area contributed by atoms with Crippen LogP contribution in [-0.2, 0) is 24.1 Å². The molecule has 0 saturated heterocycles. The van der Waals surface area contributed by atoms with Crippen molar-refractivity contribution in [3.8, 4) is 11.5 Å². The minimum absolute atomic E-state index is 0.131. The molecule has 1 aliphatic carbocycles. The van der Waals surface area contributed by atoms with Crippen molar-refractivity contribution in [1.29, 1.82) is 0 Å². The Labute approximate surface area is 169 Å². The fourth-order valence-electron chi connectivity index (χ4n) is 3.57. The Morgan fingerprint density at radius 3 is 2.57 bits per heavy atom. The number of amides is 2. The molecule has 0 saturated carbocycles. The van der Waals surface area contributed by atoms with Crippen molar-refractivity contribution in [1.82, 2.24) is 0 Å². The zero-order valence-corrected chi connectivity index (χ0v) is 17.1. The number of fused-ring (bicyclic) bond motifs is 1. The molecule has 0 atom stereocenters. The SMILES string of the molecule is COc1ccc(CCC(=O)Nc2sc3c(c2C(N)=O)CCCCC3)cc1OC. The number of methoxy groups -OCH3 is 2. The van der Waals surface area contributed by atoms with Gasteiger partial charge < -0.3 is 20.5 Å². The lowest BCUT2D eigenvalue weighted by molar-refractivity contribution is -0.116. The highest BCUT2D eigenvalue weighted by molar-refractivity contribution is 7.17. The second-order valence-electron chi connectivity index (χ2n) is 6.87. The molecular weight excluding hydrogens is 376 g/mol. The quantitative estimate of drug-likeness (QED) is 0.691. The summed E-state index contributed by atoms with van der Waals surface area (Å²) in [4.78, 5) is 25.7. The number of thiophene rings is 1. The Bertz CT molecular complexity index is 876. The molecule has 0 radical (unpaired) electrons. The predicted molar refractivity (Wildman–Crippen MR) is 111 cm³/mol. The summed E-state index contributed by atoms with van der Waals surface area (Å²) in [6, 6.07) is 5.61. The van der Waals surface area contributed by atoms with Crippen molar-refractivity contribution >= 4 is 28.2 Å². The molecule has 6 nitrogen and oxygen atoms in total. The summed E-state index contributed by atoms with van der Waals surface area (Å²) in [7, 11) is 3.17. The zero-order valence-electron chi connectivity index (χ0n) is 16.3. The number of aryl methyl sites for hydroxylation is 2. The lowest BCUT2D eigenvalue weighted by Crippen LogP contribution is -2.18. The summed E-state index contributed by atoms with van der Waals surface area (Å²) in [6.07, 6.45) is 5.98. The highest BCUT2D eigenvalue weighted by Gasteiger charge is 2.24. The maximum Gasteiger partial charge on any atom is 0.251 e. The maximum atomic E-state index is 12.5. The lowest BCUT2D eigenvalue weighted by atomic mass is 10.0. The summed E-state index contributed by atoms with van der Waals surface area (Å²) < 4.78 is 10.5. The molecule has 1 heterocycles. The zero-order chi connectivity index (χ0) is 20.1. The number of nitrogens with one attached hydrogen (secondary N) is 1. The number of nitrogens with two attached hydrogens (primary N) is 1. The first-order chi connectivity index (χ1) is 13.5. The molecule has 0 bridgehead atoms. The molecule has 150 valence electrons. The van der Waals surface area contributed by atoms with Crippen molar-refractivity contribution in [2.75, 3.05) is 19.5 Å². The van der Waals surface area contributed by atoms with Gasteiger partial charge in [0.05, 0.1) is 19.8 Å². The summed E-state index contributed by atoms with van der Waals surface area (Å²) in [5.41, 5.74) is 8.14. The Kier molecular flexibility index (Phi) is 6.57. The van der Waals surface area contributed by atoms with Crippen LogP contribution in [0.25, 0.3) is 0 Å². The summed E-state index contributed by atoms with van der Waals surface area (Å²) in [5, 5.41) is 3.51. The van der Waals surface area contributed by atoms with Gasteiger partial charge in [0.2, 0.25) is 5.91 Å². The van der Waals surface area contributed by atoms with E-state index >= 15 is 0 Å². The number of primary amides is 1. The molecule has 2 amide bonds. The van der Waals surface area contributed by atoms with Gasteiger partial charge in [-0.25, -0.2) is 0 Å². The third-order valence-electron chi connectivity index (χ3n) is 5.01. The van der Waals surface area contributed by atoms with E-state index < -0.39 is 5.91 Å². The van der Waals surface area contributed by atoms with E-state index in [-0.39, 0.29) is 5.91 Å². The van der Waals surface area contributed by atoms with Gasteiger partial charge in [-0.1, -0.05) is 12.5 Å². The number of carbonyl (C=O) groups excluding carboxylic acids is 2. The van der Waals surface area contributed by atoms with Gasteiger partial charge >= 0.3 is 0 Å². The second kappa shape index (κ2) is 9.10. The average molecular weight is 403 g/mol. The van der Waals surface area contributed by atoms with E-state index in [2.05, 4.69) is 5.32 Å². The summed E-state index contributed by atoms with van der Waals surface area (Å²) >= 11 is 1.50. The number of hydrogen-bond acceptors (Lipinski definition) is 5. The molecule has 2 aromatic rings. The monoisotopic (exact) mass is 402 g/mol. The topological polar surface area (TPSA) is 90.6 Å². The van der Waals surface area contributed by atoms with Crippen molar-refractivity contribution in [2.24, 2.45) is 5.73 Å². The van der Waals surface area contributed by atoms with E-state index in [1.165, 1.54) is 16.2 Å². The van der Waals surface area contributed by atoms with E-state index in [4.69, 9.17) is 15.2 Å². The van der Waals surface area contributed by atoms with Gasteiger partial charge in [-0.2, -0.15) is 0 Å². The first-order valence-corrected chi connectivity index (χ1v) is 10.3. The molecule has 3 rings (SSSR count). The number of rotatable bonds is 7. The normalized spacial score (nSPS) is 13.4. The van der Waals surface area contributed by atoms with E-state index in [9.17, 15) is 9.59 Å². The Hall–Kier alpha value is -2.54. The smallest absolute Gasteiger partial charge is 0.251 e. The van der Waals surface area contributed by atoms with Gasteiger partial charge in [0.25, 0.3) is 5.91 Å². The van der Waals surface area contributed by atoms with Crippen LogP contribution in [0.4, 0.5) is 5.00 Å². The van der Waals surface area contributed by atoms with Crippen LogP contribution in [0.5, 0.6) is 11.5 Å². The average Bonchev–Trinajstić information content (AvgIpc) is 2.86. The molecule has 0 unspecified atom stereocenters. The minimum atomic E-state index is -0.463. The van der Waals surface area contributed by atoms with Crippen LogP contribution in [-0.4, -0.2) is 26.0 Å². The molecule has 0 aliphatic heterocycles. The van der Waals surface area contributed by atoms with E-state index in [1.807, 2.05) is 18.2 Å². The molecule has 0 fully saturated rings. The number of carbonyl (C=O) groups is 2. The highest BCUT2D eigenvalue weighted by Crippen LogP contribution is 2.37. The highest BCUT2D eigenvalue weighted by atomic mass is 32.1. The van der Waals surface area contributed by atoms with Crippen LogP contribution >= 0.6 is 11.3 Å². The molecular formula is C21H26N2O4S. The fourth-order valence-corrected chi connectivity index (χ4v) is 4.89. The van der Waals surface area contributed by atoms with Gasteiger partial charge in [0.1, 0.15) is 5.00 Å². The third-order valence-corrected chi connectivity index (χ3v) is 6.22. The van der Waals surface area contributed by atoms with Gasteiger partial charge in [-0.05, 0) is 55.4 Å². The minimum Gasteiger partial charge on any atom is -0.493 e. The number of hydrogen-bond donors (Lipinski definition) is 2. The molecule has 0 spiro atoms. The molecule has 1 aromatic carbocycles. The maximum absolute atomic E-state index is 12.5. The van der Waals surface area contributed by atoms with Crippen molar-refractivity contribution in [2.45, 2.75) is 44.9 Å². The van der Waals surface area contributed by atoms with Crippen LogP contribution < -0.4 is 20.5 Å². The molecule has 1 aromatic heterocycles. The van der Waals surface area contributed by atoms with Gasteiger partial charge in [-0.3, -0.25) is 9.59 Å². The van der Waals surface area contributed by atoms with E-state index in [1.54, 1.807) is 14.2 Å². The number of anilines is 1. The number of ether oxygens (including phenoxy) is 2. The largest absolute Gasteiger partial charge is 0.493 e. The van der Waals surface area contributed by atoms with Crippen LogP contribution in [0.15, 0.2) is 18.2 Å². The second-order valence-corrected chi connectivity index (χ2v) is 7.98. The summed E-state index contributed by atoms with van der Waals surface area (Å²) in [6.45, 7) is 0. The van der Waals surface area contributed by atoms with E-state index in [0.717, 1.165) is 43.2 Å². The van der Waals surface area contributed by atoms with Crippen molar-refractivity contribution < 1.29 is 19.1 Å².